The number of hydrogen-bond donors (Lipinski definition) is 1. The smallest absolute Gasteiger partial charge is 0.194 e. The fourth-order valence-electron chi connectivity index (χ4n) is 3.49. The van der Waals surface area contributed by atoms with Crippen LogP contribution in [0.1, 0.15) is 5.56 Å². The van der Waals surface area contributed by atoms with E-state index in [1.54, 1.807) is 14.2 Å². The van der Waals surface area contributed by atoms with Gasteiger partial charge in [-0.15, -0.1) is 0 Å². The molecular weight excluding hydrogens is 380 g/mol. The fraction of sp³-hybridized carbons (Fsp3) is 0.435. The Kier molecular flexibility index (Phi) is 8.20. The lowest BCUT2D eigenvalue weighted by atomic mass is 10.2. The van der Waals surface area contributed by atoms with Gasteiger partial charge in [0.1, 0.15) is 18.1 Å². The molecule has 162 valence electrons. The van der Waals surface area contributed by atoms with Crippen molar-refractivity contribution in [2.24, 2.45) is 4.99 Å². The molecule has 2 aromatic rings. The lowest BCUT2D eigenvalue weighted by Gasteiger charge is -2.37. The van der Waals surface area contributed by atoms with Crippen LogP contribution < -0.4 is 19.7 Å². The van der Waals surface area contributed by atoms with E-state index >= 15 is 0 Å². The first kappa shape index (κ1) is 21.8. The Labute approximate surface area is 179 Å². The molecule has 7 nitrogen and oxygen atoms in total. The van der Waals surface area contributed by atoms with Gasteiger partial charge in [0, 0.05) is 58.6 Å². The van der Waals surface area contributed by atoms with Gasteiger partial charge in [-0.1, -0.05) is 18.2 Å². The minimum Gasteiger partial charge on any atom is -0.497 e. The van der Waals surface area contributed by atoms with Gasteiger partial charge in [0.15, 0.2) is 5.96 Å². The van der Waals surface area contributed by atoms with Gasteiger partial charge in [0.2, 0.25) is 0 Å². The molecule has 0 bridgehead atoms. The molecule has 1 saturated heterocycles. The first-order valence-corrected chi connectivity index (χ1v) is 10.3. The van der Waals surface area contributed by atoms with Gasteiger partial charge in [-0.3, -0.25) is 4.99 Å². The van der Waals surface area contributed by atoms with Crippen molar-refractivity contribution in [2.75, 3.05) is 65.6 Å². The number of hydrogen-bond acceptors (Lipinski definition) is 5. The quantitative estimate of drug-likeness (QED) is 0.409. The number of anilines is 1. The van der Waals surface area contributed by atoms with E-state index in [-0.39, 0.29) is 0 Å². The zero-order valence-electron chi connectivity index (χ0n) is 18.1. The summed E-state index contributed by atoms with van der Waals surface area (Å²) in [4.78, 5) is 9.16. The Morgan fingerprint density at radius 3 is 2.47 bits per heavy atom. The van der Waals surface area contributed by atoms with Crippen LogP contribution in [0.2, 0.25) is 0 Å². The molecule has 0 spiro atoms. The molecule has 0 unspecified atom stereocenters. The third-order valence-corrected chi connectivity index (χ3v) is 5.11. The van der Waals surface area contributed by atoms with Crippen LogP contribution >= 0.6 is 0 Å². The molecule has 1 N–H and O–H groups in total. The minimum atomic E-state index is 0.548. The minimum absolute atomic E-state index is 0.548. The number of benzene rings is 2. The van der Waals surface area contributed by atoms with Gasteiger partial charge in [0.05, 0.1) is 13.7 Å². The number of piperazine rings is 1. The Hall–Kier alpha value is -2.93. The predicted octanol–water partition coefficient (Wildman–Crippen LogP) is 2.62. The largest absolute Gasteiger partial charge is 0.497 e. The molecule has 2 aromatic carbocycles. The fourth-order valence-corrected chi connectivity index (χ4v) is 3.49. The maximum Gasteiger partial charge on any atom is 0.194 e. The van der Waals surface area contributed by atoms with Gasteiger partial charge in [-0.25, -0.2) is 0 Å². The number of methoxy groups -OCH3 is 2. The summed E-state index contributed by atoms with van der Waals surface area (Å²) in [5.74, 6) is 2.67. The molecule has 0 aliphatic carbocycles. The number of nitrogens with zero attached hydrogens (tertiary/aromatic N) is 3. The number of guanidine groups is 1. The van der Waals surface area contributed by atoms with Crippen molar-refractivity contribution < 1.29 is 14.2 Å². The van der Waals surface area contributed by atoms with Crippen LogP contribution in [0.3, 0.4) is 0 Å². The average molecular weight is 413 g/mol. The highest BCUT2D eigenvalue weighted by Crippen LogP contribution is 2.22. The summed E-state index contributed by atoms with van der Waals surface area (Å²) in [5.41, 5.74) is 2.35. The zero-order chi connectivity index (χ0) is 21.2. The number of nitrogens with one attached hydrogen (secondary N) is 1. The van der Waals surface area contributed by atoms with E-state index in [4.69, 9.17) is 14.2 Å². The lowest BCUT2D eigenvalue weighted by Crippen LogP contribution is -2.52. The summed E-state index contributed by atoms with van der Waals surface area (Å²) in [6.07, 6.45) is 0. The van der Waals surface area contributed by atoms with Gasteiger partial charge in [0.25, 0.3) is 0 Å². The summed E-state index contributed by atoms with van der Waals surface area (Å²) in [5, 5.41) is 3.48. The lowest BCUT2D eigenvalue weighted by molar-refractivity contribution is 0.146. The molecule has 1 heterocycles. The molecule has 3 rings (SSSR count). The maximum atomic E-state index is 5.70. The van der Waals surface area contributed by atoms with Gasteiger partial charge in [-0.2, -0.15) is 0 Å². The van der Waals surface area contributed by atoms with E-state index in [1.807, 2.05) is 31.3 Å². The van der Waals surface area contributed by atoms with Crippen molar-refractivity contribution in [2.45, 2.75) is 6.54 Å². The molecule has 7 heteroatoms. The zero-order valence-corrected chi connectivity index (χ0v) is 18.1. The Bertz CT molecular complexity index is 820. The Morgan fingerprint density at radius 2 is 1.73 bits per heavy atom. The van der Waals surface area contributed by atoms with E-state index in [2.05, 4.69) is 44.4 Å². The number of aliphatic imine (C=N–C) groups is 1. The monoisotopic (exact) mass is 412 g/mol. The van der Waals surface area contributed by atoms with E-state index in [1.165, 1.54) is 5.69 Å². The van der Waals surface area contributed by atoms with Gasteiger partial charge in [-0.05, 0) is 29.8 Å². The van der Waals surface area contributed by atoms with Crippen LogP contribution in [-0.2, 0) is 11.3 Å². The van der Waals surface area contributed by atoms with Crippen LogP contribution in [0.5, 0.6) is 11.5 Å². The molecule has 30 heavy (non-hydrogen) atoms. The van der Waals surface area contributed by atoms with Crippen LogP contribution in [0.4, 0.5) is 5.69 Å². The molecular formula is C23H32N4O3. The van der Waals surface area contributed by atoms with E-state index in [0.717, 1.165) is 49.2 Å². The second kappa shape index (κ2) is 11.3. The molecule has 0 atom stereocenters. The van der Waals surface area contributed by atoms with Crippen molar-refractivity contribution in [3.63, 3.8) is 0 Å². The van der Waals surface area contributed by atoms with Crippen molar-refractivity contribution in [1.29, 1.82) is 0 Å². The molecule has 0 radical (unpaired) electrons. The summed E-state index contributed by atoms with van der Waals surface area (Å²) in [7, 11) is 5.21. The summed E-state index contributed by atoms with van der Waals surface area (Å²) >= 11 is 0. The van der Waals surface area contributed by atoms with E-state index in [0.29, 0.717) is 19.8 Å². The van der Waals surface area contributed by atoms with Crippen LogP contribution in [0.15, 0.2) is 53.5 Å². The number of ether oxygens (including phenoxy) is 3. The molecule has 1 aliphatic heterocycles. The first-order chi connectivity index (χ1) is 14.7. The SMILES string of the molecule is CN=C(NCc1cccc(OCCOC)c1)N1CCN(c2cccc(OC)c2)CC1. The van der Waals surface area contributed by atoms with Gasteiger partial charge < -0.3 is 29.3 Å². The highest BCUT2D eigenvalue weighted by molar-refractivity contribution is 5.80. The Balaban J connectivity index is 1.51. The summed E-state index contributed by atoms with van der Waals surface area (Å²) in [6.45, 7) is 5.54. The topological polar surface area (TPSA) is 58.6 Å². The predicted molar refractivity (Wildman–Crippen MR) is 121 cm³/mol. The molecule has 1 aliphatic rings. The highest BCUT2D eigenvalue weighted by atomic mass is 16.5. The molecule has 0 amide bonds. The van der Waals surface area contributed by atoms with Gasteiger partial charge >= 0.3 is 0 Å². The summed E-state index contributed by atoms with van der Waals surface area (Å²) < 4.78 is 16.1. The summed E-state index contributed by atoms with van der Waals surface area (Å²) in [6, 6.07) is 16.3. The molecule has 0 saturated carbocycles. The third-order valence-electron chi connectivity index (χ3n) is 5.11. The first-order valence-electron chi connectivity index (χ1n) is 10.3. The van der Waals surface area contributed by atoms with Crippen molar-refractivity contribution in [3.05, 3.63) is 54.1 Å². The Morgan fingerprint density at radius 1 is 0.967 bits per heavy atom. The molecule has 1 fully saturated rings. The van der Waals surface area contributed by atoms with Crippen LogP contribution in [0.25, 0.3) is 0 Å². The van der Waals surface area contributed by atoms with Crippen LogP contribution in [0, 0.1) is 0 Å². The third kappa shape index (κ3) is 6.03. The van der Waals surface area contributed by atoms with Crippen molar-refractivity contribution >= 4 is 11.6 Å². The standard InChI is InChI=1S/C23H32N4O3/c1-24-23(25-18-19-6-4-9-22(16-19)30-15-14-28-2)27-12-10-26(11-13-27)20-7-5-8-21(17-20)29-3/h4-9,16-17H,10-15,18H2,1-3H3,(H,24,25). The van der Waals surface area contributed by atoms with Crippen molar-refractivity contribution in [3.8, 4) is 11.5 Å². The second-order valence-electron chi connectivity index (χ2n) is 7.07. The van der Waals surface area contributed by atoms with E-state index in [9.17, 15) is 0 Å². The van der Waals surface area contributed by atoms with Crippen molar-refractivity contribution in [1.82, 2.24) is 10.2 Å². The second-order valence-corrected chi connectivity index (χ2v) is 7.07. The molecule has 0 aromatic heterocycles. The number of rotatable bonds is 8. The maximum absolute atomic E-state index is 5.70. The van der Waals surface area contributed by atoms with E-state index < -0.39 is 0 Å². The van der Waals surface area contributed by atoms with Crippen LogP contribution in [-0.4, -0.2) is 71.5 Å². The average Bonchev–Trinajstić information content (AvgIpc) is 2.80. The highest BCUT2D eigenvalue weighted by Gasteiger charge is 2.20. The normalized spacial score (nSPS) is 14.6.